The fourth-order valence-corrected chi connectivity index (χ4v) is 4.70. The van der Waals surface area contributed by atoms with Crippen molar-refractivity contribution >= 4 is 11.5 Å². The number of anilines is 1. The summed E-state index contributed by atoms with van der Waals surface area (Å²) < 4.78 is 1.93. The van der Waals surface area contributed by atoms with E-state index in [1.807, 2.05) is 4.68 Å². The molecule has 154 valence electrons. The number of nitrogens with zero attached hydrogens (tertiary/aromatic N) is 4. The molecule has 2 aromatic carbocycles. The summed E-state index contributed by atoms with van der Waals surface area (Å²) in [6.45, 7) is 4.02. The van der Waals surface area contributed by atoms with Crippen LogP contribution in [0.5, 0.6) is 0 Å². The van der Waals surface area contributed by atoms with Crippen molar-refractivity contribution in [3.63, 3.8) is 0 Å². The number of hydrogen-bond acceptors (Lipinski definition) is 5. The van der Waals surface area contributed by atoms with Gasteiger partial charge in [-0.15, -0.1) is 0 Å². The van der Waals surface area contributed by atoms with Crippen molar-refractivity contribution in [2.75, 3.05) is 25.0 Å². The number of nitro groups is 1. The summed E-state index contributed by atoms with van der Waals surface area (Å²) in [5.74, 6) is 1.45. The molecule has 1 aromatic heterocycles. The highest BCUT2D eigenvalue weighted by molar-refractivity contribution is 5.58. The van der Waals surface area contributed by atoms with Crippen molar-refractivity contribution in [3.05, 3.63) is 81.5 Å². The Labute approximate surface area is 175 Å². The van der Waals surface area contributed by atoms with Gasteiger partial charge in [-0.05, 0) is 43.5 Å². The minimum Gasteiger partial charge on any atom is -0.369 e. The molecule has 1 N–H and O–H groups in total. The third kappa shape index (κ3) is 3.57. The lowest BCUT2D eigenvalue weighted by Crippen LogP contribution is -2.34. The van der Waals surface area contributed by atoms with Crippen LogP contribution in [0.3, 0.4) is 0 Å². The van der Waals surface area contributed by atoms with Gasteiger partial charge in [-0.25, -0.2) is 4.68 Å². The lowest BCUT2D eigenvalue weighted by atomic mass is 9.91. The molecule has 0 aliphatic carbocycles. The predicted molar refractivity (Wildman–Crippen MR) is 116 cm³/mol. The van der Waals surface area contributed by atoms with E-state index >= 15 is 0 Å². The highest BCUT2D eigenvalue weighted by atomic mass is 16.6. The highest BCUT2D eigenvalue weighted by Gasteiger charge is 2.30. The first-order chi connectivity index (χ1) is 14.7. The average molecular weight is 403 g/mol. The van der Waals surface area contributed by atoms with Crippen molar-refractivity contribution < 1.29 is 4.92 Å². The fraction of sp³-hybridized carbons (Fsp3) is 0.348. The molecule has 5 rings (SSSR count). The Hall–Kier alpha value is -3.19. The maximum Gasteiger partial charge on any atom is 0.269 e. The Morgan fingerprint density at radius 3 is 2.70 bits per heavy atom. The van der Waals surface area contributed by atoms with Gasteiger partial charge in [0.1, 0.15) is 5.82 Å². The molecule has 1 unspecified atom stereocenters. The molecule has 2 aliphatic heterocycles. The Kier molecular flexibility index (Phi) is 4.96. The number of nitrogens with one attached hydrogen (secondary N) is 1. The molecule has 1 saturated heterocycles. The summed E-state index contributed by atoms with van der Waals surface area (Å²) >= 11 is 0. The summed E-state index contributed by atoms with van der Waals surface area (Å²) in [6, 6.07) is 17.3. The number of piperidine rings is 1. The SMILES string of the molecule is O=[N+]([O-])c1ccc(-n2nc(C3CCCN(Cc4ccccc4)C3)c3c2NCC3)cc1. The second kappa shape index (κ2) is 7.91. The molecule has 1 atom stereocenters. The standard InChI is InChI=1S/C23H25N5O2/c29-28(30)20-10-8-19(9-11-20)27-23-21(12-13-24-23)22(25-27)18-7-4-14-26(16-18)15-17-5-2-1-3-6-17/h1-3,5-6,8-11,18,24H,4,7,12-16H2. The molecule has 2 aliphatic rings. The number of fused-ring (bicyclic) bond motifs is 1. The monoisotopic (exact) mass is 403 g/mol. The second-order valence-electron chi connectivity index (χ2n) is 8.13. The van der Waals surface area contributed by atoms with E-state index in [0.717, 1.165) is 50.5 Å². The molecule has 3 heterocycles. The van der Waals surface area contributed by atoms with Gasteiger partial charge in [-0.3, -0.25) is 15.0 Å². The zero-order valence-corrected chi connectivity index (χ0v) is 16.8. The van der Waals surface area contributed by atoms with Crippen LogP contribution in [-0.4, -0.2) is 39.2 Å². The van der Waals surface area contributed by atoms with Crippen molar-refractivity contribution in [2.45, 2.75) is 31.7 Å². The van der Waals surface area contributed by atoms with Crippen molar-refractivity contribution in [1.82, 2.24) is 14.7 Å². The summed E-state index contributed by atoms with van der Waals surface area (Å²) in [6.07, 6.45) is 3.30. The average Bonchev–Trinajstić information content (AvgIpc) is 3.38. The van der Waals surface area contributed by atoms with Crippen molar-refractivity contribution in [1.29, 1.82) is 0 Å². The van der Waals surface area contributed by atoms with E-state index in [1.54, 1.807) is 24.3 Å². The minimum absolute atomic E-state index is 0.0968. The molecule has 7 nitrogen and oxygen atoms in total. The van der Waals surface area contributed by atoms with Gasteiger partial charge in [0.25, 0.3) is 5.69 Å². The number of rotatable bonds is 5. The second-order valence-corrected chi connectivity index (χ2v) is 8.13. The third-order valence-corrected chi connectivity index (χ3v) is 6.13. The molecule has 30 heavy (non-hydrogen) atoms. The maximum absolute atomic E-state index is 11.0. The number of aromatic nitrogens is 2. The number of likely N-dealkylation sites (tertiary alicyclic amines) is 1. The van der Waals surface area contributed by atoms with E-state index in [2.05, 4.69) is 40.5 Å². The van der Waals surface area contributed by atoms with Crippen LogP contribution < -0.4 is 5.32 Å². The molecule has 3 aromatic rings. The fourth-order valence-electron chi connectivity index (χ4n) is 4.70. The smallest absolute Gasteiger partial charge is 0.269 e. The lowest BCUT2D eigenvalue weighted by molar-refractivity contribution is -0.384. The number of benzene rings is 2. The molecule has 0 amide bonds. The third-order valence-electron chi connectivity index (χ3n) is 6.13. The molecule has 0 bridgehead atoms. The Morgan fingerprint density at radius 1 is 1.13 bits per heavy atom. The first-order valence-corrected chi connectivity index (χ1v) is 10.6. The number of hydrogen-bond donors (Lipinski definition) is 1. The van der Waals surface area contributed by atoms with Crippen LogP contribution in [0.1, 0.15) is 35.6 Å². The Morgan fingerprint density at radius 2 is 1.93 bits per heavy atom. The molecular weight excluding hydrogens is 378 g/mol. The largest absolute Gasteiger partial charge is 0.369 e. The zero-order chi connectivity index (χ0) is 20.5. The van der Waals surface area contributed by atoms with Crippen LogP contribution >= 0.6 is 0 Å². The lowest BCUT2D eigenvalue weighted by Gasteiger charge is -2.32. The zero-order valence-electron chi connectivity index (χ0n) is 16.8. The molecule has 0 saturated carbocycles. The normalized spacial score (nSPS) is 18.7. The van der Waals surface area contributed by atoms with Crippen LogP contribution in [0.2, 0.25) is 0 Å². The Bertz CT molecular complexity index is 1050. The van der Waals surface area contributed by atoms with Gasteiger partial charge in [-0.1, -0.05) is 30.3 Å². The quantitative estimate of drug-likeness (QED) is 0.512. The van der Waals surface area contributed by atoms with Gasteiger partial charge < -0.3 is 5.32 Å². The van der Waals surface area contributed by atoms with Crippen LogP contribution in [0, 0.1) is 10.1 Å². The summed E-state index contributed by atoms with van der Waals surface area (Å²) in [5, 5.41) is 19.4. The van der Waals surface area contributed by atoms with E-state index < -0.39 is 0 Å². The minimum atomic E-state index is -0.371. The van der Waals surface area contributed by atoms with E-state index in [0.29, 0.717) is 5.92 Å². The molecular formula is C23H25N5O2. The Balaban J connectivity index is 1.41. The van der Waals surface area contributed by atoms with Crippen LogP contribution in [0.4, 0.5) is 11.5 Å². The van der Waals surface area contributed by atoms with Gasteiger partial charge in [0.2, 0.25) is 0 Å². The van der Waals surface area contributed by atoms with Crippen LogP contribution in [-0.2, 0) is 13.0 Å². The predicted octanol–water partition coefficient (Wildman–Crippen LogP) is 4.13. The van der Waals surface area contributed by atoms with Crippen molar-refractivity contribution in [2.24, 2.45) is 0 Å². The highest BCUT2D eigenvalue weighted by Crippen LogP contribution is 2.36. The van der Waals surface area contributed by atoms with Gasteiger partial charge in [0.05, 0.1) is 16.3 Å². The molecule has 7 heteroatoms. The molecule has 1 fully saturated rings. The van der Waals surface area contributed by atoms with E-state index in [-0.39, 0.29) is 10.6 Å². The topological polar surface area (TPSA) is 76.2 Å². The van der Waals surface area contributed by atoms with Gasteiger partial charge >= 0.3 is 0 Å². The maximum atomic E-state index is 11.0. The summed E-state index contributed by atoms with van der Waals surface area (Å²) in [5.41, 5.74) is 4.79. The van der Waals surface area contributed by atoms with Crippen LogP contribution in [0.15, 0.2) is 54.6 Å². The van der Waals surface area contributed by atoms with Gasteiger partial charge in [0, 0.05) is 43.2 Å². The summed E-state index contributed by atoms with van der Waals surface area (Å²) in [7, 11) is 0. The molecule has 0 spiro atoms. The van der Waals surface area contributed by atoms with E-state index in [1.165, 1.54) is 23.2 Å². The molecule has 0 radical (unpaired) electrons. The van der Waals surface area contributed by atoms with Crippen molar-refractivity contribution in [3.8, 4) is 5.69 Å². The number of non-ortho nitro benzene ring substituents is 1. The van der Waals surface area contributed by atoms with Gasteiger partial charge in [0.15, 0.2) is 0 Å². The van der Waals surface area contributed by atoms with E-state index in [9.17, 15) is 10.1 Å². The van der Waals surface area contributed by atoms with Gasteiger partial charge in [-0.2, -0.15) is 5.10 Å². The van der Waals surface area contributed by atoms with E-state index in [4.69, 9.17) is 5.10 Å². The summed E-state index contributed by atoms with van der Waals surface area (Å²) in [4.78, 5) is 13.1. The first kappa shape index (κ1) is 18.8. The first-order valence-electron chi connectivity index (χ1n) is 10.6. The number of nitro benzene ring substituents is 1. The van der Waals surface area contributed by atoms with Crippen LogP contribution in [0.25, 0.3) is 5.69 Å².